The minimum Gasteiger partial charge on any atom is -0.455 e. The first-order valence-electron chi connectivity index (χ1n) is 7.28. The first-order chi connectivity index (χ1) is 12.3. The summed E-state index contributed by atoms with van der Waals surface area (Å²) in [5, 5.41) is 3.21. The molecule has 0 saturated carbocycles. The van der Waals surface area contributed by atoms with Crippen LogP contribution in [0.2, 0.25) is 10.0 Å². The molecule has 0 saturated heterocycles. The molecule has 2 rings (SSSR count). The van der Waals surface area contributed by atoms with Gasteiger partial charge in [-0.15, -0.1) is 0 Å². The normalized spacial score (nSPS) is 10.7. The highest BCUT2D eigenvalue weighted by molar-refractivity contribution is 7.99. The number of alkyl halides is 2. The van der Waals surface area contributed by atoms with E-state index in [1.807, 2.05) is 0 Å². The van der Waals surface area contributed by atoms with Gasteiger partial charge in [-0.2, -0.15) is 8.78 Å². The van der Waals surface area contributed by atoms with Crippen molar-refractivity contribution in [2.24, 2.45) is 0 Å². The van der Waals surface area contributed by atoms with E-state index in [2.05, 4.69) is 5.32 Å². The minimum atomic E-state index is -2.51. The summed E-state index contributed by atoms with van der Waals surface area (Å²) in [5.74, 6) is -3.64. The number of hydrogen-bond donors (Lipinski definition) is 1. The van der Waals surface area contributed by atoms with E-state index in [1.54, 1.807) is 18.2 Å². The lowest BCUT2D eigenvalue weighted by Crippen LogP contribution is -2.21. The van der Waals surface area contributed by atoms with Crippen LogP contribution in [-0.4, -0.2) is 24.2 Å². The Morgan fingerprint density at radius 2 is 1.77 bits per heavy atom. The number of ether oxygens (including phenoxy) is 1. The van der Waals surface area contributed by atoms with Crippen LogP contribution in [0.4, 0.5) is 14.5 Å². The van der Waals surface area contributed by atoms with Gasteiger partial charge in [-0.1, -0.05) is 41.0 Å². The molecule has 0 fully saturated rings. The molecule has 0 aliphatic heterocycles. The molecular weight excluding hydrogens is 407 g/mol. The Hall–Kier alpha value is -1.83. The third-order valence-corrected chi connectivity index (χ3v) is 4.52. The number of thioether (sulfide) groups is 1. The van der Waals surface area contributed by atoms with Crippen molar-refractivity contribution in [3.63, 3.8) is 0 Å². The van der Waals surface area contributed by atoms with E-state index < -0.39 is 24.2 Å². The molecule has 4 nitrogen and oxygen atoms in total. The fourth-order valence-electron chi connectivity index (χ4n) is 1.93. The molecule has 0 unspecified atom stereocenters. The summed E-state index contributed by atoms with van der Waals surface area (Å²) in [6.07, 6.45) is -0.0519. The maximum Gasteiger partial charge on any atom is 0.310 e. The number of halogens is 4. The maximum atomic E-state index is 12.2. The quantitative estimate of drug-likeness (QED) is 0.504. The van der Waals surface area contributed by atoms with Gasteiger partial charge in [0.15, 0.2) is 6.61 Å². The highest BCUT2D eigenvalue weighted by Gasteiger charge is 2.11. The van der Waals surface area contributed by atoms with Gasteiger partial charge < -0.3 is 10.1 Å². The van der Waals surface area contributed by atoms with Crippen LogP contribution >= 0.6 is 35.0 Å². The number of rotatable bonds is 7. The van der Waals surface area contributed by atoms with Crippen molar-refractivity contribution in [3.8, 4) is 0 Å². The van der Waals surface area contributed by atoms with Gasteiger partial charge in [0.25, 0.3) is 11.7 Å². The number of amides is 1. The van der Waals surface area contributed by atoms with Gasteiger partial charge in [0, 0.05) is 10.6 Å². The Bertz CT molecular complexity index is 788. The molecule has 0 heterocycles. The largest absolute Gasteiger partial charge is 0.455 e. The highest BCUT2D eigenvalue weighted by Crippen LogP contribution is 2.26. The monoisotopic (exact) mass is 419 g/mol. The average Bonchev–Trinajstić information content (AvgIpc) is 2.58. The standard InChI is InChI=1S/C17H13Cl2F2NO3S/c18-13-6-1-10(7-14(13)19)8-16(24)25-9-15(23)22-11-2-4-12(5-3-11)26-17(20)21/h1-7,17H,8-9H2,(H,22,23). The average molecular weight is 420 g/mol. The van der Waals surface area contributed by atoms with Gasteiger partial charge in [0.1, 0.15) is 0 Å². The molecular formula is C17H13Cl2F2NO3S. The second-order valence-corrected chi connectivity index (χ2v) is 6.91. The smallest absolute Gasteiger partial charge is 0.310 e. The van der Waals surface area contributed by atoms with Gasteiger partial charge in [0.05, 0.1) is 16.5 Å². The molecule has 1 amide bonds. The molecule has 2 aromatic carbocycles. The van der Waals surface area contributed by atoms with Gasteiger partial charge in [0.2, 0.25) is 0 Å². The molecule has 0 spiro atoms. The van der Waals surface area contributed by atoms with Gasteiger partial charge in [-0.25, -0.2) is 0 Å². The van der Waals surface area contributed by atoms with Gasteiger partial charge in [-0.05, 0) is 42.0 Å². The van der Waals surface area contributed by atoms with Gasteiger partial charge in [-0.3, -0.25) is 9.59 Å². The Balaban J connectivity index is 1.78. The molecule has 0 bridgehead atoms. The van der Waals surface area contributed by atoms with Crippen molar-refractivity contribution in [3.05, 3.63) is 58.1 Å². The fraction of sp³-hybridized carbons (Fsp3) is 0.176. The second kappa shape index (κ2) is 9.75. The molecule has 9 heteroatoms. The number of hydrogen-bond acceptors (Lipinski definition) is 4. The molecule has 0 aliphatic rings. The van der Waals surface area contributed by atoms with E-state index >= 15 is 0 Å². The molecule has 0 aliphatic carbocycles. The van der Waals surface area contributed by atoms with Crippen LogP contribution in [0.1, 0.15) is 5.56 Å². The molecule has 2 aromatic rings. The Kier molecular flexibility index (Phi) is 7.68. The first kappa shape index (κ1) is 20.5. The number of benzene rings is 2. The maximum absolute atomic E-state index is 12.2. The third-order valence-electron chi connectivity index (χ3n) is 3.06. The Morgan fingerprint density at radius 3 is 2.38 bits per heavy atom. The van der Waals surface area contributed by atoms with E-state index in [0.717, 1.165) is 0 Å². The Morgan fingerprint density at radius 1 is 1.08 bits per heavy atom. The van der Waals surface area contributed by atoms with Crippen LogP contribution in [0, 0.1) is 0 Å². The minimum absolute atomic E-state index is 0.0519. The molecule has 26 heavy (non-hydrogen) atoms. The van der Waals surface area contributed by atoms with Crippen molar-refractivity contribution >= 4 is 52.5 Å². The SMILES string of the molecule is O=C(COC(=O)Cc1ccc(Cl)c(Cl)c1)Nc1ccc(SC(F)F)cc1. The predicted octanol–water partition coefficient (Wildman–Crippen LogP) is 5.03. The molecule has 0 radical (unpaired) electrons. The van der Waals surface area contributed by atoms with Crippen LogP contribution in [0.3, 0.4) is 0 Å². The van der Waals surface area contributed by atoms with E-state index in [9.17, 15) is 18.4 Å². The van der Waals surface area contributed by atoms with E-state index in [0.29, 0.717) is 38.0 Å². The number of esters is 1. The van der Waals surface area contributed by atoms with Gasteiger partial charge >= 0.3 is 5.97 Å². The summed E-state index contributed by atoms with van der Waals surface area (Å²) in [7, 11) is 0. The van der Waals surface area contributed by atoms with Crippen LogP contribution in [-0.2, 0) is 20.7 Å². The molecule has 0 atom stereocenters. The van der Waals surface area contributed by atoms with Crippen molar-refractivity contribution in [2.75, 3.05) is 11.9 Å². The number of carbonyl (C=O) groups is 2. The highest BCUT2D eigenvalue weighted by atomic mass is 35.5. The third kappa shape index (κ3) is 6.82. The zero-order valence-electron chi connectivity index (χ0n) is 13.2. The zero-order valence-corrected chi connectivity index (χ0v) is 15.5. The molecule has 138 valence electrons. The topological polar surface area (TPSA) is 55.4 Å². The van der Waals surface area contributed by atoms with Crippen LogP contribution in [0.5, 0.6) is 0 Å². The zero-order chi connectivity index (χ0) is 19.1. The number of carbonyl (C=O) groups excluding carboxylic acids is 2. The van der Waals surface area contributed by atoms with E-state index in [-0.39, 0.29) is 6.42 Å². The number of nitrogens with one attached hydrogen (secondary N) is 1. The fourth-order valence-corrected chi connectivity index (χ4v) is 2.75. The lowest BCUT2D eigenvalue weighted by atomic mass is 10.1. The molecule has 0 aromatic heterocycles. The van der Waals surface area contributed by atoms with Crippen LogP contribution in [0.15, 0.2) is 47.4 Å². The predicted molar refractivity (Wildman–Crippen MR) is 98.1 cm³/mol. The lowest BCUT2D eigenvalue weighted by Gasteiger charge is -2.08. The first-order valence-corrected chi connectivity index (χ1v) is 8.91. The Labute approximate surface area is 162 Å². The van der Waals surface area contributed by atoms with Crippen molar-refractivity contribution in [1.82, 2.24) is 0 Å². The summed E-state index contributed by atoms with van der Waals surface area (Å²) in [6, 6.07) is 10.6. The lowest BCUT2D eigenvalue weighted by molar-refractivity contribution is -0.146. The van der Waals surface area contributed by atoms with Crippen LogP contribution in [0.25, 0.3) is 0 Å². The molecule has 1 N–H and O–H groups in total. The summed E-state index contributed by atoms with van der Waals surface area (Å²) in [6.45, 7) is -0.465. The van der Waals surface area contributed by atoms with Crippen LogP contribution < -0.4 is 5.32 Å². The summed E-state index contributed by atoms with van der Waals surface area (Å²) in [5.41, 5.74) is 1.02. The number of anilines is 1. The summed E-state index contributed by atoms with van der Waals surface area (Å²) >= 11 is 12.1. The van der Waals surface area contributed by atoms with Crippen molar-refractivity contribution in [1.29, 1.82) is 0 Å². The summed E-state index contributed by atoms with van der Waals surface area (Å²) in [4.78, 5) is 23.9. The second-order valence-electron chi connectivity index (χ2n) is 5.04. The van der Waals surface area contributed by atoms with Crippen molar-refractivity contribution < 1.29 is 23.1 Å². The van der Waals surface area contributed by atoms with Crippen molar-refractivity contribution in [2.45, 2.75) is 17.1 Å². The van der Waals surface area contributed by atoms with E-state index in [4.69, 9.17) is 27.9 Å². The van der Waals surface area contributed by atoms with E-state index in [1.165, 1.54) is 24.3 Å². The summed E-state index contributed by atoms with van der Waals surface area (Å²) < 4.78 is 29.4.